The van der Waals surface area contributed by atoms with Crippen molar-refractivity contribution in [2.24, 2.45) is 0 Å². The molecule has 0 bridgehead atoms. The quantitative estimate of drug-likeness (QED) is 0.189. The van der Waals surface area contributed by atoms with Crippen LogP contribution in [-0.2, 0) is 20.1 Å². The molecule has 0 N–H and O–H groups in total. The third-order valence-electron chi connectivity index (χ3n) is 5.94. The number of benzene rings is 3. The Kier molecular flexibility index (Phi) is 9.25. The van der Waals surface area contributed by atoms with Crippen molar-refractivity contribution >= 4 is 0 Å². The third-order valence-corrected chi connectivity index (χ3v) is 5.94. The smallest absolute Gasteiger partial charge is 0.0192 e. The number of hydrogen-bond acceptors (Lipinski definition) is 2. The molecule has 0 saturated carbocycles. The van der Waals surface area contributed by atoms with Gasteiger partial charge in [0.05, 0.1) is 0 Å². The van der Waals surface area contributed by atoms with Crippen molar-refractivity contribution in [3.63, 3.8) is 0 Å². The number of nitrogens with zero attached hydrogens (tertiary/aromatic N) is 2. The Labute approximate surface area is 222 Å². The Morgan fingerprint density at radius 3 is 1.71 bits per heavy atom. The Morgan fingerprint density at radius 1 is 0.543 bits per heavy atom. The van der Waals surface area contributed by atoms with Crippen LogP contribution in [0.4, 0.5) is 0 Å². The van der Waals surface area contributed by atoms with Gasteiger partial charge in [0.2, 0.25) is 0 Å². The summed E-state index contributed by atoms with van der Waals surface area (Å²) in [6.07, 6.45) is 3.77. The standard InChI is InChI=1S/C19H16N.C13H12N.Ir/c1-14-8-9-17(12-15(14)2)18-10-11-20-19(13-18)16-6-4-3-5-7-16;1-10-8-13(14-9-11(10)2)12-6-4-3-5-7-12;/h3-6,8-13H,1-2H3;3-6,8-9H,1-2H3;/q2*-1;. The number of aromatic nitrogens is 2. The van der Waals surface area contributed by atoms with E-state index >= 15 is 0 Å². The summed E-state index contributed by atoms with van der Waals surface area (Å²) in [5.74, 6) is 0. The van der Waals surface area contributed by atoms with Gasteiger partial charge in [-0.2, -0.15) is 0 Å². The summed E-state index contributed by atoms with van der Waals surface area (Å²) in [6, 6.07) is 35.0. The molecule has 2 aromatic heterocycles. The Hall–Kier alpha value is -3.39. The predicted octanol–water partition coefficient (Wildman–Crippen LogP) is 8.00. The molecule has 3 heteroatoms. The zero-order chi connectivity index (χ0) is 23.9. The van der Waals surface area contributed by atoms with E-state index in [1.54, 1.807) is 0 Å². The molecular weight excluding hydrogens is 605 g/mol. The molecule has 3 aromatic carbocycles. The zero-order valence-electron chi connectivity index (χ0n) is 20.5. The van der Waals surface area contributed by atoms with Crippen LogP contribution in [0.2, 0.25) is 0 Å². The second kappa shape index (κ2) is 12.4. The van der Waals surface area contributed by atoms with Gasteiger partial charge in [0.15, 0.2) is 0 Å². The minimum Gasteiger partial charge on any atom is -0.305 e. The van der Waals surface area contributed by atoms with Gasteiger partial charge in [-0.3, -0.25) is 0 Å². The molecule has 0 unspecified atom stereocenters. The summed E-state index contributed by atoms with van der Waals surface area (Å²) in [5, 5.41) is 0. The van der Waals surface area contributed by atoms with Crippen molar-refractivity contribution in [2.75, 3.05) is 0 Å². The second-order valence-corrected chi connectivity index (χ2v) is 8.44. The fraction of sp³-hybridized carbons (Fsp3) is 0.125. The molecule has 2 nitrogen and oxygen atoms in total. The molecule has 0 aliphatic heterocycles. The van der Waals surface area contributed by atoms with Crippen LogP contribution in [0.15, 0.2) is 97.3 Å². The van der Waals surface area contributed by atoms with Crippen LogP contribution in [-0.4, -0.2) is 9.97 Å². The molecule has 0 atom stereocenters. The molecule has 35 heavy (non-hydrogen) atoms. The van der Waals surface area contributed by atoms with Crippen LogP contribution in [0.5, 0.6) is 0 Å². The summed E-state index contributed by atoms with van der Waals surface area (Å²) in [5.41, 5.74) is 11.6. The van der Waals surface area contributed by atoms with Gasteiger partial charge < -0.3 is 9.97 Å². The number of aryl methyl sites for hydroxylation is 4. The summed E-state index contributed by atoms with van der Waals surface area (Å²) >= 11 is 0. The first-order valence-corrected chi connectivity index (χ1v) is 11.4. The molecule has 0 aliphatic carbocycles. The van der Waals surface area contributed by atoms with Gasteiger partial charge in [0, 0.05) is 32.5 Å². The first-order chi connectivity index (χ1) is 16.5. The summed E-state index contributed by atoms with van der Waals surface area (Å²) in [6.45, 7) is 8.45. The van der Waals surface area contributed by atoms with Crippen molar-refractivity contribution in [3.8, 4) is 33.6 Å². The van der Waals surface area contributed by atoms with Crippen LogP contribution in [0.3, 0.4) is 0 Å². The second-order valence-electron chi connectivity index (χ2n) is 8.44. The fourth-order valence-corrected chi connectivity index (χ4v) is 3.56. The fourth-order valence-electron chi connectivity index (χ4n) is 3.56. The van der Waals surface area contributed by atoms with E-state index in [4.69, 9.17) is 0 Å². The molecule has 0 saturated heterocycles. The van der Waals surface area contributed by atoms with Crippen LogP contribution in [0.1, 0.15) is 22.3 Å². The Morgan fingerprint density at radius 2 is 1.14 bits per heavy atom. The SMILES string of the molecule is Cc1ccc(-c2ccnc(-c3[c-]cccc3)c2)cc1C.Cc1cnc(-c2[c-]cccc2)cc1C.[Ir]. The van der Waals surface area contributed by atoms with Crippen molar-refractivity contribution in [1.29, 1.82) is 0 Å². The maximum atomic E-state index is 4.44. The molecular formula is C32H28IrN2-2. The molecule has 0 aliphatic rings. The first kappa shape index (κ1) is 26.2. The van der Waals surface area contributed by atoms with E-state index in [1.807, 2.05) is 60.9 Å². The van der Waals surface area contributed by atoms with E-state index in [1.165, 1.54) is 33.4 Å². The monoisotopic (exact) mass is 633 g/mol. The Balaban J connectivity index is 0.000000202. The van der Waals surface area contributed by atoms with E-state index in [2.05, 4.69) is 86.2 Å². The van der Waals surface area contributed by atoms with Gasteiger partial charge in [0.25, 0.3) is 0 Å². The topological polar surface area (TPSA) is 25.8 Å². The number of rotatable bonds is 3. The van der Waals surface area contributed by atoms with Crippen LogP contribution in [0, 0.1) is 39.8 Å². The largest absolute Gasteiger partial charge is 0.305 e. The van der Waals surface area contributed by atoms with Gasteiger partial charge >= 0.3 is 0 Å². The average Bonchev–Trinajstić information content (AvgIpc) is 2.89. The number of hydrogen-bond donors (Lipinski definition) is 0. The van der Waals surface area contributed by atoms with Crippen LogP contribution < -0.4 is 0 Å². The van der Waals surface area contributed by atoms with Crippen LogP contribution in [0.25, 0.3) is 33.6 Å². The molecule has 0 fully saturated rings. The minimum absolute atomic E-state index is 0. The van der Waals surface area contributed by atoms with E-state index in [0.29, 0.717) is 0 Å². The maximum absolute atomic E-state index is 4.44. The van der Waals surface area contributed by atoms with Crippen molar-refractivity contribution in [2.45, 2.75) is 27.7 Å². The van der Waals surface area contributed by atoms with Gasteiger partial charge in [-0.25, -0.2) is 0 Å². The van der Waals surface area contributed by atoms with Crippen molar-refractivity contribution in [3.05, 3.63) is 132 Å². The summed E-state index contributed by atoms with van der Waals surface area (Å²) in [4.78, 5) is 8.82. The normalized spacial score (nSPS) is 10.1. The molecule has 177 valence electrons. The zero-order valence-corrected chi connectivity index (χ0v) is 22.9. The maximum Gasteiger partial charge on any atom is 0.0192 e. The molecule has 0 amide bonds. The van der Waals surface area contributed by atoms with Crippen molar-refractivity contribution in [1.82, 2.24) is 9.97 Å². The molecule has 0 spiro atoms. The first-order valence-electron chi connectivity index (χ1n) is 11.4. The molecule has 5 rings (SSSR count). The van der Waals surface area contributed by atoms with Gasteiger partial charge in [-0.1, -0.05) is 35.9 Å². The van der Waals surface area contributed by atoms with E-state index in [9.17, 15) is 0 Å². The van der Waals surface area contributed by atoms with Crippen LogP contribution >= 0.6 is 0 Å². The molecule has 1 radical (unpaired) electrons. The summed E-state index contributed by atoms with van der Waals surface area (Å²) < 4.78 is 0. The van der Waals surface area contributed by atoms with Crippen molar-refractivity contribution < 1.29 is 20.1 Å². The van der Waals surface area contributed by atoms with Gasteiger partial charge in [-0.15, -0.1) is 71.8 Å². The Bertz CT molecular complexity index is 1380. The number of pyridine rings is 2. The third kappa shape index (κ3) is 6.82. The predicted molar refractivity (Wildman–Crippen MR) is 141 cm³/mol. The molecule has 5 aromatic rings. The van der Waals surface area contributed by atoms with Gasteiger partial charge in [0.1, 0.15) is 0 Å². The average molecular weight is 633 g/mol. The molecule has 2 heterocycles. The van der Waals surface area contributed by atoms with E-state index in [-0.39, 0.29) is 20.1 Å². The van der Waals surface area contributed by atoms with Gasteiger partial charge in [-0.05, 0) is 73.0 Å². The minimum atomic E-state index is 0. The van der Waals surface area contributed by atoms with E-state index < -0.39 is 0 Å². The summed E-state index contributed by atoms with van der Waals surface area (Å²) in [7, 11) is 0. The van der Waals surface area contributed by atoms with E-state index in [0.717, 1.165) is 22.5 Å².